The Morgan fingerprint density at radius 3 is 1.78 bits per heavy atom. The molecule has 9 heteroatoms. The smallest absolute Gasteiger partial charge is 0.331 e. The summed E-state index contributed by atoms with van der Waals surface area (Å²) in [5.74, 6) is -2.61. The number of rotatable bonds is 26. The summed E-state index contributed by atoms with van der Waals surface area (Å²) in [6.07, 6.45) is 24.6. The number of nitrogens with one attached hydrogen (secondary N) is 2. The Bertz CT molecular complexity index is 913. The van der Waals surface area contributed by atoms with Crippen LogP contribution in [0.2, 0.25) is 0 Å². The zero-order valence-electron chi connectivity index (χ0n) is 28.6. The summed E-state index contributed by atoms with van der Waals surface area (Å²) >= 11 is 0. The van der Waals surface area contributed by atoms with Crippen molar-refractivity contribution in [3.05, 3.63) is 23.8 Å². The number of carboxylic acids is 1. The van der Waals surface area contributed by atoms with E-state index in [-0.39, 0.29) is 24.0 Å². The van der Waals surface area contributed by atoms with Crippen molar-refractivity contribution in [1.82, 2.24) is 10.6 Å². The summed E-state index contributed by atoms with van der Waals surface area (Å²) in [5, 5.41) is 15.2. The normalized spacial score (nSPS) is 18.2. The van der Waals surface area contributed by atoms with Gasteiger partial charge in [0.2, 0.25) is 11.8 Å². The highest BCUT2D eigenvalue weighted by atomic mass is 16.5. The molecule has 3 atom stereocenters. The first kappa shape index (κ1) is 40.3. The lowest BCUT2D eigenvalue weighted by molar-refractivity contribution is -0.138. The number of unbranched alkanes of at least 4 members (excludes halogenated alkanes) is 15. The second-order valence-corrected chi connectivity index (χ2v) is 12.4. The molecule has 0 saturated heterocycles. The van der Waals surface area contributed by atoms with Crippen LogP contribution in [0, 0.1) is 0 Å². The lowest BCUT2D eigenvalue weighted by atomic mass is 9.87. The van der Waals surface area contributed by atoms with Gasteiger partial charge >= 0.3 is 11.9 Å². The van der Waals surface area contributed by atoms with Gasteiger partial charge in [0.1, 0.15) is 0 Å². The van der Waals surface area contributed by atoms with E-state index in [1.165, 1.54) is 96.5 Å². The summed E-state index contributed by atoms with van der Waals surface area (Å²) in [5.41, 5.74) is 0.0973. The molecule has 0 bridgehead atoms. The van der Waals surface area contributed by atoms with E-state index >= 15 is 0 Å². The summed E-state index contributed by atoms with van der Waals surface area (Å²) in [4.78, 5) is 48.6. The highest BCUT2D eigenvalue weighted by molar-refractivity contribution is 5.95. The molecule has 3 N–H and O–H groups in total. The molecule has 0 aromatic heterocycles. The molecule has 0 saturated carbocycles. The van der Waals surface area contributed by atoms with Crippen LogP contribution in [0.15, 0.2) is 23.8 Å². The molecule has 1 rings (SSSR count). The van der Waals surface area contributed by atoms with Crippen LogP contribution in [-0.2, 0) is 28.7 Å². The van der Waals surface area contributed by atoms with Crippen LogP contribution in [0.1, 0.15) is 150 Å². The largest absolute Gasteiger partial charge is 0.478 e. The van der Waals surface area contributed by atoms with E-state index in [2.05, 4.69) is 17.6 Å². The first-order valence-electron chi connectivity index (χ1n) is 17.7. The van der Waals surface area contributed by atoms with Crippen LogP contribution >= 0.6 is 0 Å². The lowest BCUT2D eigenvalue weighted by Crippen LogP contribution is -2.59. The second-order valence-electron chi connectivity index (χ2n) is 12.4. The fourth-order valence-corrected chi connectivity index (χ4v) is 5.75. The zero-order chi connectivity index (χ0) is 33.3. The fourth-order valence-electron chi connectivity index (χ4n) is 5.75. The molecule has 1 aliphatic carbocycles. The third-order valence-electron chi connectivity index (χ3n) is 8.44. The molecule has 0 fully saturated rings. The van der Waals surface area contributed by atoms with Crippen LogP contribution in [-0.4, -0.2) is 59.8 Å². The molecule has 1 aliphatic rings. The number of carbonyl (C=O) groups is 4. The van der Waals surface area contributed by atoms with E-state index in [4.69, 9.17) is 9.47 Å². The summed E-state index contributed by atoms with van der Waals surface area (Å²) in [7, 11) is 0. The minimum atomic E-state index is -1.11. The van der Waals surface area contributed by atoms with E-state index in [1.807, 2.05) is 13.8 Å². The van der Waals surface area contributed by atoms with Crippen molar-refractivity contribution in [3.8, 4) is 0 Å². The molecule has 258 valence electrons. The molecule has 2 amide bonds. The summed E-state index contributed by atoms with van der Waals surface area (Å²) < 4.78 is 11.4. The van der Waals surface area contributed by atoms with Gasteiger partial charge in [0.05, 0.1) is 30.9 Å². The average molecular weight is 635 g/mol. The Hall–Kier alpha value is -2.68. The minimum absolute atomic E-state index is 0.00629. The number of carbonyl (C=O) groups excluding carboxylic acids is 3. The van der Waals surface area contributed by atoms with Crippen LogP contribution in [0.3, 0.4) is 0 Å². The van der Waals surface area contributed by atoms with Gasteiger partial charge in [-0.15, -0.1) is 0 Å². The van der Waals surface area contributed by atoms with Crippen molar-refractivity contribution >= 4 is 23.8 Å². The van der Waals surface area contributed by atoms with Gasteiger partial charge in [0, 0.05) is 31.1 Å². The molecule has 9 nitrogen and oxygen atoms in total. The zero-order valence-corrected chi connectivity index (χ0v) is 28.6. The molecule has 0 aromatic carbocycles. The third kappa shape index (κ3) is 19.4. The van der Waals surface area contributed by atoms with E-state index in [9.17, 15) is 24.3 Å². The van der Waals surface area contributed by atoms with Gasteiger partial charge in [-0.1, -0.05) is 117 Å². The molecular formula is C36H62N2O7. The number of hydrogen-bond donors (Lipinski definition) is 3. The van der Waals surface area contributed by atoms with Gasteiger partial charge in [-0.05, 0) is 25.3 Å². The first-order chi connectivity index (χ1) is 21.7. The highest BCUT2D eigenvalue weighted by Gasteiger charge is 2.38. The minimum Gasteiger partial charge on any atom is -0.478 e. The average Bonchev–Trinajstić information content (AvgIpc) is 3.01. The van der Waals surface area contributed by atoms with Crippen molar-refractivity contribution in [2.24, 2.45) is 0 Å². The van der Waals surface area contributed by atoms with Crippen LogP contribution in [0.4, 0.5) is 0 Å². The number of esters is 1. The van der Waals surface area contributed by atoms with Gasteiger partial charge in [-0.2, -0.15) is 0 Å². The predicted octanol–water partition coefficient (Wildman–Crippen LogP) is 7.33. The van der Waals surface area contributed by atoms with Gasteiger partial charge in [0.25, 0.3) is 0 Å². The Morgan fingerprint density at radius 1 is 0.800 bits per heavy atom. The number of carboxylic acid groups (broad SMARTS) is 1. The monoisotopic (exact) mass is 634 g/mol. The Balaban J connectivity index is 2.31. The molecular weight excluding hydrogens is 572 g/mol. The highest BCUT2D eigenvalue weighted by Crippen LogP contribution is 2.25. The maximum atomic E-state index is 12.7. The second kappa shape index (κ2) is 25.5. The van der Waals surface area contributed by atoms with Gasteiger partial charge < -0.3 is 25.2 Å². The maximum absolute atomic E-state index is 12.7. The summed E-state index contributed by atoms with van der Waals surface area (Å²) in [6.45, 7) is 7.86. The number of aliphatic carboxylic acids is 1. The van der Waals surface area contributed by atoms with E-state index < -0.39 is 36.0 Å². The van der Waals surface area contributed by atoms with Crippen LogP contribution < -0.4 is 10.6 Å². The first-order valence-corrected chi connectivity index (χ1v) is 17.7. The number of hydrogen-bond acceptors (Lipinski definition) is 6. The van der Waals surface area contributed by atoms with Gasteiger partial charge in [0.15, 0.2) is 0 Å². The van der Waals surface area contributed by atoms with Crippen molar-refractivity contribution in [2.45, 2.75) is 174 Å². The quantitative estimate of drug-likeness (QED) is 0.0516. The molecule has 0 heterocycles. The third-order valence-corrected chi connectivity index (χ3v) is 8.44. The van der Waals surface area contributed by atoms with Crippen LogP contribution in [0.25, 0.3) is 0 Å². The SMILES string of the molecule is CCCCCCCCCCCCCCCCCCOC(=O)/C=C/C(=O)N[C@@H]1CC(C(=O)O)=C[C@@H](OC(CC)CC)[C@H]1NC(C)=O. The van der Waals surface area contributed by atoms with Crippen molar-refractivity contribution in [3.63, 3.8) is 0 Å². The van der Waals surface area contributed by atoms with E-state index in [1.54, 1.807) is 0 Å². The Morgan fingerprint density at radius 2 is 1.31 bits per heavy atom. The topological polar surface area (TPSA) is 131 Å². The molecule has 0 radical (unpaired) electrons. The lowest BCUT2D eigenvalue weighted by Gasteiger charge is -2.38. The molecule has 0 aromatic rings. The molecule has 0 aliphatic heterocycles. The molecule has 0 unspecified atom stereocenters. The van der Waals surface area contributed by atoms with Gasteiger partial charge in [-0.25, -0.2) is 9.59 Å². The van der Waals surface area contributed by atoms with Crippen molar-refractivity contribution in [1.29, 1.82) is 0 Å². The standard InChI is InChI=1S/C36H62N2O7/c1-5-8-9-10-11-12-13-14-15-16-17-18-19-20-21-22-25-44-34(41)24-23-33(40)38-31-26-29(36(42)43)27-32(35(31)37-28(4)39)45-30(6-2)7-3/h23-24,27,30-32,35H,5-22,25-26H2,1-4H3,(H,37,39)(H,38,40)(H,42,43)/b24-23+/t31-,32-,35+/m1/s1. The summed E-state index contributed by atoms with van der Waals surface area (Å²) in [6, 6.07) is -1.40. The Labute approximate surface area is 272 Å². The number of ether oxygens (including phenoxy) is 2. The van der Waals surface area contributed by atoms with Gasteiger partial charge in [-0.3, -0.25) is 9.59 Å². The number of amides is 2. The van der Waals surface area contributed by atoms with Crippen molar-refractivity contribution in [2.75, 3.05) is 6.61 Å². The molecule has 45 heavy (non-hydrogen) atoms. The molecule has 0 spiro atoms. The van der Waals surface area contributed by atoms with Crippen molar-refractivity contribution < 1.29 is 33.8 Å². The predicted molar refractivity (Wildman–Crippen MR) is 179 cm³/mol. The Kier molecular flexibility index (Phi) is 22.9. The fraction of sp³-hybridized carbons (Fsp3) is 0.778. The van der Waals surface area contributed by atoms with Crippen LogP contribution in [0.5, 0.6) is 0 Å². The maximum Gasteiger partial charge on any atom is 0.331 e. The van der Waals surface area contributed by atoms with E-state index in [0.717, 1.165) is 44.3 Å². The van der Waals surface area contributed by atoms with E-state index in [0.29, 0.717) is 6.61 Å².